The molecule has 0 saturated carbocycles. The summed E-state index contributed by atoms with van der Waals surface area (Å²) in [6, 6.07) is 1.15. The number of amides is 1. The molecule has 1 amide bonds. The van der Waals surface area contributed by atoms with Crippen LogP contribution in [0.5, 0.6) is 0 Å². The number of sulfonamides is 1. The van der Waals surface area contributed by atoms with Gasteiger partial charge in [-0.15, -0.1) is 0 Å². The van der Waals surface area contributed by atoms with Crippen LogP contribution in [0.3, 0.4) is 0 Å². The van der Waals surface area contributed by atoms with Crippen LogP contribution in [-0.2, 0) is 26.1 Å². The molecule has 2 atom stereocenters. The van der Waals surface area contributed by atoms with Crippen molar-refractivity contribution in [3.8, 4) is 0 Å². The van der Waals surface area contributed by atoms with E-state index in [0.29, 0.717) is 19.5 Å². The number of carbonyl (C=O) groups is 1. The molecule has 1 aliphatic heterocycles. The molecule has 1 saturated heterocycles. The summed E-state index contributed by atoms with van der Waals surface area (Å²) in [5.74, 6) is -0.273. The molecule has 1 aromatic rings. The Kier molecular flexibility index (Phi) is 5.54. The average molecular weight is 330 g/mol. The number of rotatable bonds is 7. The second kappa shape index (κ2) is 7.21. The lowest BCUT2D eigenvalue weighted by atomic mass is 10.2. The highest BCUT2D eigenvalue weighted by Crippen LogP contribution is 2.22. The van der Waals surface area contributed by atoms with Gasteiger partial charge in [0.2, 0.25) is 15.9 Å². The molecule has 1 fully saturated rings. The van der Waals surface area contributed by atoms with Crippen molar-refractivity contribution >= 4 is 15.9 Å². The first kappa shape index (κ1) is 16.9. The first-order valence-corrected chi connectivity index (χ1v) is 9.01. The van der Waals surface area contributed by atoms with Crippen molar-refractivity contribution < 1.29 is 17.9 Å². The van der Waals surface area contributed by atoms with Gasteiger partial charge in [0.1, 0.15) is 6.04 Å². The Bertz CT molecular complexity index is 587. The summed E-state index contributed by atoms with van der Waals surface area (Å²) in [6.07, 6.45) is 5.54. The Morgan fingerprint density at radius 2 is 2.27 bits per heavy atom. The van der Waals surface area contributed by atoms with Crippen LogP contribution >= 0.6 is 0 Å². The van der Waals surface area contributed by atoms with Gasteiger partial charge in [-0.25, -0.2) is 8.42 Å². The number of aryl methyl sites for hydroxylation is 1. The Hall–Kier alpha value is -1.45. The lowest BCUT2D eigenvalue weighted by Crippen LogP contribution is -2.45. The van der Waals surface area contributed by atoms with E-state index in [2.05, 4.69) is 10.4 Å². The summed E-state index contributed by atoms with van der Waals surface area (Å²) in [6.45, 7) is 1.40. The normalized spacial score (nSPS) is 22.8. The molecule has 8 nitrogen and oxygen atoms in total. The summed E-state index contributed by atoms with van der Waals surface area (Å²) in [5, 5.41) is 6.87. The third kappa shape index (κ3) is 4.28. The molecule has 0 bridgehead atoms. The Morgan fingerprint density at radius 3 is 2.86 bits per heavy atom. The fourth-order valence-electron chi connectivity index (χ4n) is 2.55. The van der Waals surface area contributed by atoms with E-state index in [1.807, 2.05) is 12.3 Å². The highest BCUT2D eigenvalue weighted by atomic mass is 32.2. The maximum atomic E-state index is 12.2. The highest BCUT2D eigenvalue weighted by molar-refractivity contribution is 7.88. The molecule has 1 aromatic heterocycles. The molecule has 0 aromatic carbocycles. The van der Waals surface area contributed by atoms with Gasteiger partial charge in [0.15, 0.2) is 0 Å². The maximum Gasteiger partial charge on any atom is 0.238 e. The molecular formula is C13H22N4O4S. The number of hydrogen-bond donors (Lipinski definition) is 1. The van der Waals surface area contributed by atoms with Crippen molar-refractivity contribution in [3.05, 3.63) is 18.5 Å². The SMILES string of the molecule is CO[C@H]1C[C@H](C(=O)NCCCn2cccn2)N(S(C)(=O)=O)C1. The van der Waals surface area contributed by atoms with Crippen LogP contribution in [0.15, 0.2) is 18.5 Å². The predicted octanol–water partition coefficient (Wildman–Crippen LogP) is -0.562. The van der Waals surface area contributed by atoms with Crippen molar-refractivity contribution in [2.75, 3.05) is 26.5 Å². The van der Waals surface area contributed by atoms with E-state index < -0.39 is 16.1 Å². The van der Waals surface area contributed by atoms with Gasteiger partial charge in [-0.1, -0.05) is 0 Å². The minimum Gasteiger partial charge on any atom is -0.380 e. The molecule has 1 N–H and O–H groups in total. The number of carbonyl (C=O) groups excluding carboxylic acids is 1. The smallest absolute Gasteiger partial charge is 0.238 e. The van der Waals surface area contributed by atoms with Crippen molar-refractivity contribution in [1.82, 2.24) is 19.4 Å². The lowest BCUT2D eigenvalue weighted by molar-refractivity contribution is -0.124. The highest BCUT2D eigenvalue weighted by Gasteiger charge is 2.41. The van der Waals surface area contributed by atoms with Gasteiger partial charge in [-0.2, -0.15) is 9.40 Å². The van der Waals surface area contributed by atoms with Gasteiger partial charge in [-0.05, 0) is 12.5 Å². The number of ether oxygens (including phenoxy) is 1. The zero-order valence-electron chi connectivity index (χ0n) is 12.8. The third-order valence-electron chi connectivity index (χ3n) is 3.70. The summed E-state index contributed by atoms with van der Waals surface area (Å²) < 4.78 is 31.7. The van der Waals surface area contributed by atoms with Crippen LogP contribution in [0.1, 0.15) is 12.8 Å². The van der Waals surface area contributed by atoms with E-state index in [1.165, 1.54) is 11.4 Å². The largest absolute Gasteiger partial charge is 0.380 e. The molecule has 9 heteroatoms. The zero-order valence-corrected chi connectivity index (χ0v) is 13.6. The first-order chi connectivity index (χ1) is 10.4. The molecule has 0 spiro atoms. The van der Waals surface area contributed by atoms with Crippen LogP contribution in [0.4, 0.5) is 0 Å². The minimum atomic E-state index is -3.43. The Labute approximate surface area is 130 Å². The Balaban J connectivity index is 1.84. The maximum absolute atomic E-state index is 12.2. The number of nitrogens with one attached hydrogen (secondary N) is 1. The molecule has 2 rings (SSSR count). The van der Waals surface area contributed by atoms with Gasteiger partial charge in [0, 0.05) is 45.6 Å². The lowest BCUT2D eigenvalue weighted by Gasteiger charge is -2.20. The monoisotopic (exact) mass is 330 g/mol. The van der Waals surface area contributed by atoms with E-state index in [4.69, 9.17) is 4.74 Å². The molecule has 0 aliphatic carbocycles. The standard InChI is InChI=1S/C13H22N4O4S/c1-21-11-9-12(17(10-11)22(2,19)20)13(18)14-5-3-7-16-8-4-6-15-16/h4,6,8,11-12H,3,5,7,9-10H2,1-2H3,(H,14,18)/t11-,12+/m0/s1. The average Bonchev–Trinajstić information content (AvgIpc) is 3.11. The van der Waals surface area contributed by atoms with Crippen LogP contribution in [0.2, 0.25) is 0 Å². The summed E-state index contributed by atoms with van der Waals surface area (Å²) in [7, 11) is -1.90. The van der Waals surface area contributed by atoms with Gasteiger partial charge >= 0.3 is 0 Å². The van der Waals surface area contributed by atoms with Crippen molar-refractivity contribution in [1.29, 1.82) is 0 Å². The number of aromatic nitrogens is 2. The van der Waals surface area contributed by atoms with Crippen molar-refractivity contribution in [2.45, 2.75) is 31.5 Å². The van der Waals surface area contributed by atoms with Gasteiger partial charge in [0.25, 0.3) is 0 Å². The fourth-order valence-corrected chi connectivity index (χ4v) is 3.63. The van der Waals surface area contributed by atoms with Crippen LogP contribution in [0.25, 0.3) is 0 Å². The van der Waals surface area contributed by atoms with Gasteiger partial charge < -0.3 is 10.1 Å². The molecule has 124 valence electrons. The molecule has 0 unspecified atom stereocenters. The van der Waals surface area contributed by atoms with Crippen LogP contribution in [0, 0.1) is 0 Å². The van der Waals surface area contributed by atoms with Gasteiger partial charge in [-0.3, -0.25) is 9.48 Å². The number of methoxy groups -OCH3 is 1. The second-order valence-corrected chi connectivity index (χ2v) is 7.29. The number of hydrogen-bond acceptors (Lipinski definition) is 5. The second-order valence-electron chi connectivity index (χ2n) is 5.36. The van der Waals surface area contributed by atoms with Crippen LogP contribution in [-0.4, -0.2) is 67.0 Å². The summed E-state index contributed by atoms with van der Waals surface area (Å²) >= 11 is 0. The molecule has 2 heterocycles. The fraction of sp³-hybridized carbons (Fsp3) is 0.692. The van der Waals surface area contributed by atoms with E-state index in [-0.39, 0.29) is 18.6 Å². The Morgan fingerprint density at radius 1 is 1.50 bits per heavy atom. The minimum absolute atomic E-state index is 0.223. The first-order valence-electron chi connectivity index (χ1n) is 7.16. The predicted molar refractivity (Wildman–Crippen MR) is 80.6 cm³/mol. The summed E-state index contributed by atoms with van der Waals surface area (Å²) in [4.78, 5) is 12.2. The van der Waals surface area contributed by atoms with Crippen LogP contribution < -0.4 is 5.32 Å². The molecule has 0 radical (unpaired) electrons. The quantitative estimate of drug-likeness (QED) is 0.676. The zero-order chi connectivity index (χ0) is 16.2. The van der Waals surface area contributed by atoms with E-state index in [1.54, 1.807) is 10.9 Å². The van der Waals surface area contributed by atoms with E-state index >= 15 is 0 Å². The molecule has 1 aliphatic rings. The van der Waals surface area contributed by atoms with E-state index in [0.717, 1.165) is 12.7 Å². The van der Waals surface area contributed by atoms with E-state index in [9.17, 15) is 13.2 Å². The number of nitrogens with zero attached hydrogens (tertiary/aromatic N) is 3. The summed E-state index contributed by atoms with van der Waals surface area (Å²) in [5.41, 5.74) is 0. The van der Waals surface area contributed by atoms with Gasteiger partial charge in [0.05, 0.1) is 12.4 Å². The third-order valence-corrected chi connectivity index (χ3v) is 4.96. The van der Waals surface area contributed by atoms with Crippen molar-refractivity contribution in [3.63, 3.8) is 0 Å². The topological polar surface area (TPSA) is 93.5 Å². The van der Waals surface area contributed by atoms with Crippen molar-refractivity contribution in [2.24, 2.45) is 0 Å². The molecular weight excluding hydrogens is 308 g/mol. The molecule has 22 heavy (non-hydrogen) atoms.